The van der Waals surface area contributed by atoms with Crippen LogP contribution in [0, 0.1) is 0 Å². The predicted octanol–water partition coefficient (Wildman–Crippen LogP) is 4.42. The van der Waals surface area contributed by atoms with Crippen molar-refractivity contribution in [3.8, 4) is 0 Å². The molecule has 0 aromatic heterocycles. The zero-order valence-electron chi connectivity index (χ0n) is 15.7. The van der Waals surface area contributed by atoms with Crippen molar-refractivity contribution >= 4 is 11.6 Å². The molecule has 0 saturated carbocycles. The van der Waals surface area contributed by atoms with Gasteiger partial charge in [-0.2, -0.15) is 0 Å². The largest absolute Gasteiger partial charge is 0.307 e. The lowest BCUT2D eigenvalue weighted by Gasteiger charge is -2.36. The van der Waals surface area contributed by atoms with Crippen molar-refractivity contribution in [3.63, 3.8) is 0 Å². The quantitative estimate of drug-likeness (QED) is 0.714. The van der Waals surface area contributed by atoms with Crippen molar-refractivity contribution in [2.75, 3.05) is 24.5 Å². The Morgan fingerprint density at radius 3 is 2.52 bits per heavy atom. The molecule has 3 heteroatoms. The summed E-state index contributed by atoms with van der Waals surface area (Å²) in [6, 6.07) is 16.5. The molecule has 0 fully saturated rings. The molecule has 0 bridgehead atoms. The van der Waals surface area contributed by atoms with Gasteiger partial charge in [-0.05, 0) is 42.2 Å². The summed E-state index contributed by atoms with van der Waals surface area (Å²) in [5.74, 6) is 0.503. The fourth-order valence-electron chi connectivity index (χ4n) is 4.66. The Balaban J connectivity index is 1.64. The Labute approximate surface area is 161 Å². The first-order chi connectivity index (χ1) is 13.2. The first kappa shape index (κ1) is 17.7. The summed E-state index contributed by atoms with van der Waals surface area (Å²) in [4.78, 5) is 17.5. The van der Waals surface area contributed by atoms with Crippen molar-refractivity contribution in [2.24, 2.45) is 0 Å². The maximum absolute atomic E-state index is 13.1. The van der Waals surface area contributed by atoms with E-state index in [1.807, 2.05) is 47.4 Å². The van der Waals surface area contributed by atoms with Crippen molar-refractivity contribution < 1.29 is 4.79 Å². The lowest BCUT2D eigenvalue weighted by molar-refractivity contribution is 0.0987. The summed E-state index contributed by atoms with van der Waals surface area (Å²) in [7, 11) is 0. The first-order valence-electron chi connectivity index (χ1n) is 9.67. The highest BCUT2D eigenvalue weighted by atomic mass is 16.2. The van der Waals surface area contributed by atoms with E-state index < -0.39 is 0 Å². The number of rotatable bonds is 6. The predicted molar refractivity (Wildman–Crippen MR) is 111 cm³/mol. The molecule has 0 spiro atoms. The highest BCUT2D eigenvalue weighted by Crippen LogP contribution is 2.45. The summed E-state index contributed by atoms with van der Waals surface area (Å²) in [5, 5.41) is 0. The van der Waals surface area contributed by atoms with Crippen LogP contribution in [0.2, 0.25) is 0 Å². The molecule has 138 valence electrons. The van der Waals surface area contributed by atoms with Gasteiger partial charge >= 0.3 is 0 Å². The van der Waals surface area contributed by atoms with Crippen molar-refractivity contribution in [1.29, 1.82) is 0 Å². The maximum Gasteiger partial charge on any atom is 0.258 e. The highest BCUT2D eigenvalue weighted by molar-refractivity contribution is 6.07. The van der Waals surface area contributed by atoms with Gasteiger partial charge in [0.25, 0.3) is 5.91 Å². The average molecular weight is 358 g/mol. The molecule has 1 aliphatic carbocycles. The molecule has 3 nitrogen and oxygen atoms in total. The van der Waals surface area contributed by atoms with Crippen LogP contribution in [0.1, 0.15) is 33.8 Å². The van der Waals surface area contributed by atoms with Gasteiger partial charge in [-0.3, -0.25) is 9.69 Å². The minimum atomic E-state index is 0.101. The fraction of sp³-hybridized carbons (Fsp3) is 0.292. The first-order valence-corrected chi connectivity index (χ1v) is 9.67. The second kappa shape index (κ2) is 7.53. The van der Waals surface area contributed by atoms with E-state index in [0.717, 1.165) is 43.7 Å². The third-order valence-electron chi connectivity index (χ3n) is 5.80. The molecular weight excluding hydrogens is 332 g/mol. The topological polar surface area (TPSA) is 23.6 Å². The van der Waals surface area contributed by atoms with Gasteiger partial charge in [0.05, 0.1) is 0 Å². The monoisotopic (exact) mass is 358 g/mol. The molecule has 2 atom stereocenters. The average Bonchev–Trinajstić information content (AvgIpc) is 3.08. The van der Waals surface area contributed by atoms with Crippen LogP contribution in [-0.4, -0.2) is 36.5 Å². The highest BCUT2D eigenvalue weighted by Gasteiger charge is 2.39. The summed E-state index contributed by atoms with van der Waals surface area (Å²) < 4.78 is 0. The second-order valence-corrected chi connectivity index (χ2v) is 7.45. The number of hydrogen-bond donors (Lipinski definition) is 0. The molecule has 4 rings (SSSR count). The SMILES string of the molecule is C=CCN(CC=C)C1Cc2cccc3c2C(C1)CN3C(=O)c1ccccc1. The lowest BCUT2D eigenvalue weighted by atomic mass is 9.80. The summed E-state index contributed by atoms with van der Waals surface area (Å²) in [5.41, 5.74) is 4.62. The van der Waals surface area contributed by atoms with E-state index in [2.05, 4.69) is 36.3 Å². The van der Waals surface area contributed by atoms with Crippen LogP contribution in [0.3, 0.4) is 0 Å². The minimum absolute atomic E-state index is 0.101. The Bertz CT molecular complexity index is 848. The van der Waals surface area contributed by atoms with Crippen LogP contribution in [0.25, 0.3) is 0 Å². The van der Waals surface area contributed by atoms with Gasteiger partial charge in [0.15, 0.2) is 0 Å². The zero-order valence-corrected chi connectivity index (χ0v) is 15.7. The van der Waals surface area contributed by atoms with Gasteiger partial charge in [0, 0.05) is 42.8 Å². The third-order valence-corrected chi connectivity index (χ3v) is 5.80. The van der Waals surface area contributed by atoms with Gasteiger partial charge in [-0.1, -0.05) is 42.5 Å². The number of carbonyl (C=O) groups is 1. The zero-order chi connectivity index (χ0) is 18.8. The number of anilines is 1. The molecule has 1 amide bonds. The van der Waals surface area contributed by atoms with E-state index in [1.54, 1.807) is 0 Å². The second-order valence-electron chi connectivity index (χ2n) is 7.45. The smallest absolute Gasteiger partial charge is 0.258 e. The molecule has 2 aromatic rings. The Hall–Kier alpha value is -2.65. The van der Waals surface area contributed by atoms with Crippen molar-refractivity contribution in [1.82, 2.24) is 4.90 Å². The summed E-state index contributed by atoms with van der Waals surface area (Å²) >= 11 is 0. The van der Waals surface area contributed by atoms with E-state index in [4.69, 9.17) is 0 Å². The molecule has 0 saturated heterocycles. The van der Waals surface area contributed by atoms with Crippen LogP contribution in [0.5, 0.6) is 0 Å². The Kier molecular flexibility index (Phi) is 4.95. The minimum Gasteiger partial charge on any atom is -0.307 e. The molecule has 2 aromatic carbocycles. The van der Waals surface area contributed by atoms with E-state index in [9.17, 15) is 4.79 Å². The van der Waals surface area contributed by atoms with Gasteiger partial charge in [0.1, 0.15) is 0 Å². The number of benzene rings is 2. The number of amides is 1. The van der Waals surface area contributed by atoms with Gasteiger partial charge in [0.2, 0.25) is 0 Å². The van der Waals surface area contributed by atoms with Crippen molar-refractivity contribution in [2.45, 2.75) is 24.8 Å². The van der Waals surface area contributed by atoms with Gasteiger partial charge in [-0.15, -0.1) is 13.2 Å². The summed E-state index contributed by atoms with van der Waals surface area (Å²) in [6.45, 7) is 10.3. The number of carbonyl (C=O) groups excluding carboxylic acids is 1. The molecule has 0 N–H and O–H groups in total. The van der Waals surface area contributed by atoms with E-state index in [0.29, 0.717) is 12.0 Å². The number of nitrogens with zero attached hydrogens (tertiary/aromatic N) is 2. The van der Waals surface area contributed by atoms with E-state index in [1.165, 1.54) is 11.1 Å². The van der Waals surface area contributed by atoms with Crippen LogP contribution >= 0.6 is 0 Å². The standard InChI is InChI=1S/C24H26N2O/c1-3-13-25(14-4-2)21-15-19-11-8-12-22-23(19)20(16-21)17-26(22)24(27)18-9-6-5-7-10-18/h3-12,20-21H,1-2,13-17H2. The van der Waals surface area contributed by atoms with Crippen LogP contribution in [0.4, 0.5) is 5.69 Å². The Morgan fingerprint density at radius 2 is 1.81 bits per heavy atom. The number of hydrogen-bond acceptors (Lipinski definition) is 2. The molecule has 1 aliphatic heterocycles. The molecule has 0 radical (unpaired) electrons. The molecule has 27 heavy (non-hydrogen) atoms. The van der Waals surface area contributed by atoms with Crippen LogP contribution in [0.15, 0.2) is 73.8 Å². The van der Waals surface area contributed by atoms with Gasteiger partial charge < -0.3 is 4.90 Å². The van der Waals surface area contributed by atoms with Crippen LogP contribution in [-0.2, 0) is 6.42 Å². The van der Waals surface area contributed by atoms with Crippen molar-refractivity contribution in [3.05, 3.63) is 90.5 Å². The fourth-order valence-corrected chi connectivity index (χ4v) is 4.66. The third kappa shape index (κ3) is 3.24. The molecular formula is C24H26N2O. The normalized spacial score (nSPS) is 20.4. The molecule has 1 heterocycles. The maximum atomic E-state index is 13.1. The van der Waals surface area contributed by atoms with E-state index in [-0.39, 0.29) is 5.91 Å². The molecule has 2 aliphatic rings. The molecule has 2 unspecified atom stereocenters. The Morgan fingerprint density at radius 1 is 1.07 bits per heavy atom. The van der Waals surface area contributed by atoms with Crippen LogP contribution < -0.4 is 4.90 Å². The lowest BCUT2D eigenvalue weighted by Crippen LogP contribution is -2.41. The van der Waals surface area contributed by atoms with E-state index >= 15 is 0 Å². The van der Waals surface area contributed by atoms with Gasteiger partial charge in [-0.25, -0.2) is 0 Å². The summed E-state index contributed by atoms with van der Waals surface area (Å²) in [6.07, 6.45) is 6.03.